The van der Waals surface area contributed by atoms with Gasteiger partial charge in [0.25, 0.3) is 10.0 Å². The van der Waals surface area contributed by atoms with Crippen LogP contribution >= 0.6 is 0 Å². The Labute approximate surface area is 85.4 Å². The fourth-order valence-electron chi connectivity index (χ4n) is 0.813. The summed E-state index contributed by atoms with van der Waals surface area (Å²) in [5, 5.41) is 0. The molecule has 0 aliphatic carbocycles. The van der Waals surface area contributed by atoms with Gasteiger partial charge in [0.05, 0.1) is 11.9 Å². The van der Waals surface area contributed by atoms with Gasteiger partial charge >= 0.3 is 5.76 Å². The molecule has 0 bridgehead atoms. The molecule has 1 heterocycles. The van der Waals surface area contributed by atoms with Gasteiger partial charge in [-0.25, -0.2) is 13.4 Å². The monoisotopic (exact) mass is 237 g/mol. The molecule has 0 amide bonds. The number of halogens is 2. The number of sulfonamides is 1. The minimum absolute atomic E-state index is 0.179. The van der Waals surface area contributed by atoms with Crippen LogP contribution in [0.4, 0.5) is 20.3 Å². The summed E-state index contributed by atoms with van der Waals surface area (Å²) in [4.78, 5) is 3.56. The van der Waals surface area contributed by atoms with Crippen molar-refractivity contribution in [2.24, 2.45) is 0 Å². The Bertz CT molecular complexity index is 461. The maximum Gasteiger partial charge on any atom is 0.355 e. The fourth-order valence-corrected chi connectivity index (χ4v) is 1.30. The molecule has 8 heteroatoms. The third-order valence-electron chi connectivity index (χ3n) is 1.63. The number of alkyl halides is 2. The van der Waals surface area contributed by atoms with Crippen molar-refractivity contribution in [1.82, 2.24) is 4.98 Å². The van der Waals surface area contributed by atoms with Crippen LogP contribution in [0.5, 0.6) is 0 Å². The van der Waals surface area contributed by atoms with Crippen LogP contribution in [0.15, 0.2) is 12.3 Å². The predicted molar refractivity (Wildman–Crippen MR) is 51.9 cm³/mol. The number of nitrogens with zero attached hydrogens (tertiary/aromatic N) is 1. The normalized spacial score (nSPS) is 11.7. The second-order valence-electron chi connectivity index (χ2n) is 2.83. The van der Waals surface area contributed by atoms with Gasteiger partial charge < -0.3 is 5.73 Å². The smallest absolute Gasteiger partial charge is 0.355 e. The number of pyridine rings is 1. The number of anilines is 2. The van der Waals surface area contributed by atoms with Gasteiger partial charge in [-0.3, -0.25) is 4.72 Å². The van der Waals surface area contributed by atoms with E-state index in [9.17, 15) is 17.2 Å². The molecular weight excluding hydrogens is 228 g/mol. The fraction of sp³-hybridized carbons (Fsp3) is 0.286. The third-order valence-corrected chi connectivity index (χ3v) is 2.60. The van der Waals surface area contributed by atoms with E-state index in [0.717, 1.165) is 0 Å². The van der Waals surface area contributed by atoms with Crippen LogP contribution < -0.4 is 10.5 Å². The lowest BCUT2D eigenvalue weighted by atomic mass is 10.2. The van der Waals surface area contributed by atoms with Crippen LogP contribution in [0.1, 0.15) is 5.56 Å². The lowest BCUT2D eigenvalue weighted by molar-refractivity contribution is 0.236. The first-order valence-electron chi connectivity index (χ1n) is 3.85. The standard InChI is InChI=1S/C7H9F2N3O2S/c1-4-2-6(11-3-5(4)10)12-15(13,14)7(8)9/h2-3,7H,10H2,1H3,(H,11,12). The summed E-state index contributed by atoms with van der Waals surface area (Å²) in [6.45, 7) is 1.61. The molecule has 15 heavy (non-hydrogen) atoms. The highest BCUT2D eigenvalue weighted by molar-refractivity contribution is 7.92. The second kappa shape index (κ2) is 3.97. The van der Waals surface area contributed by atoms with Crippen molar-refractivity contribution in [3.63, 3.8) is 0 Å². The molecule has 0 unspecified atom stereocenters. The second-order valence-corrected chi connectivity index (χ2v) is 4.48. The van der Waals surface area contributed by atoms with Crippen LogP contribution in [0, 0.1) is 6.92 Å². The van der Waals surface area contributed by atoms with Crippen LogP contribution in [0.3, 0.4) is 0 Å². The first-order chi connectivity index (χ1) is 6.83. The van der Waals surface area contributed by atoms with E-state index >= 15 is 0 Å². The molecule has 0 saturated heterocycles. The predicted octanol–water partition coefficient (Wildman–Crippen LogP) is 0.937. The number of aryl methyl sites for hydroxylation is 1. The Morgan fingerprint density at radius 2 is 2.13 bits per heavy atom. The van der Waals surface area contributed by atoms with Crippen molar-refractivity contribution < 1.29 is 17.2 Å². The summed E-state index contributed by atoms with van der Waals surface area (Å²) >= 11 is 0. The van der Waals surface area contributed by atoms with Crippen molar-refractivity contribution in [3.8, 4) is 0 Å². The number of nitrogens with one attached hydrogen (secondary N) is 1. The zero-order valence-corrected chi connectivity index (χ0v) is 8.55. The number of aromatic nitrogens is 1. The van der Waals surface area contributed by atoms with Gasteiger partial charge in [0.1, 0.15) is 5.82 Å². The molecule has 0 saturated carbocycles. The molecule has 1 aromatic rings. The summed E-state index contributed by atoms with van der Waals surface area (Å²) in [6, 6.07) is 1.27. The molecule has 0 aliphatic rings. The zero-order chi connectivity index (χ0) is 11.6. The van der Waals surface area contributed by atoms with Crippen LogP contribution in [0.25, 0.3) is 0 Å². The van der Waals surface area contributed by atoms with E-state index in [1.54, 1.807) is 11.6 Å². The quantitative estimate of drug-likeness (QED) is 0.819. The zero-order valence-electron chi connectivity index (χ0n) is 7.74. The van der Waals surface area contributed by atoms with Gasteiger partial charge in [-0.15, -0.1) is 0 Å². The molecule has 0 atom stereocenters. The van der Waals surface area contributed by atoms with Gasteiger partial charge in [0.15, 0.2) is 0 Å². The molecule has 3 N–H and O–H groups in total. The summed E-state index contributed by atoms with van der Waals surface area (Å²) < 4.78 is 47.1. The Morgan fingerprint density at radius 3 is 2.60 bits per heavy atom. The maximum absolute atomic E-state index is 12.0. The van der Waals surface area contributed by atoms with E-state index in [1.165, 1.54) is 12.3 Å². The maximum atomic E-state index is 12.0. The van der Waals surface area contributed by atoms with E-state index in [4.69, 9.17) is 5.73 Å². The molecular formula is C7H9F2N3O2S. The summed E-state index contributed by atoms with van der Waals surface area (Å²) in [7, 11) is -4.67. The van der Waals surface area contributed by atoms with Crippen LogP contribution in [-0.4, -0.2) is 19.2 Å². The molecule has 0 aromatic carbocycles. The van der Waals surface area contributed by atoms with Gasteiger partial charge in [-0.2, -0.15) is 8.78 Å². The molecule has 0 spiro atoms. The summed E-state index contributed by atoms with van der Waals surface area (Å²) in [6.07, 6.45) is 1.19. The topological polar surface area (TPSA) is 85.1 Å². The molecule has 0 radical (unpaired) electrons. The molecule has 0 fully saturated rings. The molecule has 1 rings (SSSR count). The average Bonchev–Trinajstić information content (AvgIpc) is 2.10. The van der Waals surface area contributed by atoms with E-state index in [1.807, 2.05) is 0 Å². The number of nitrogens with two attached hydrogens (primary N) is 1. The Morgan fingerprint density at radius 1 is 1.53 bits per heavy atom. The van der Waals surface area contributed by atoms with E-state index in [0.29, 0.717) is 11.3 Å². The van der Waals surface area contributed by atoms with Gasteiger partial charge in [-0.05, 0) is 18.6 Å². The van der Waals surface area contributed by atoms with E-state index in [-0.39, 0.29) is 5.82 Å². The Balaban J connectivity index is 2.96. The highest BCUT2D eigenvalue weighted by Crippen LogP contribution is 2.16. The Hall–Kier alpha value is -1.44. The average molecular weight is 237 g/mol. The van der Waals surface area contributed by atoms with E-state index in [2.05, 4.69) is 4.98 Å². The van der Waals surface area contributed by atoms with Gasteiger partial charge in [0, 0.05) is 0 Å². The minimum atomic E-state index is -4.67. The number of nitrogen functional groups attached to an aromatic ring is 1. The molecule has 0 aliphatic heterocycles. The van der Waals surface area contributed by atoms with Gasteiger partial charge in [0.2, 0.25) is 0 Å². The van der Waals surface area contributed by atoms with Crippen molar-refractivity contribution in [1.29, 1.82) is 0 Å². The lowest BCUT2D eigenvalue weighted by Gasteiger charge is -2.07. The first kappa shape index (κ1) is 11.6. The Kier molecular flexibility index (Phi) is 3.08. The van der Waals surface area contributed by atoms with E-state index < -0.39 is 15.8 Å². The van der Waals surface area contributed by atoms with Gasteiger partial charge in [-0.1, -0.05) is 0 Å². The summed E-state index contributed by atoms with van der Waals surface area (Å²) in [5.74, 6) is -3.67. The number of hydrogen-bond acceptors (Lipinski definition) is 4. The van der Waals surface area contributed by atoms with Crippen molar-refractivity contribution in [3.05, 3.63) is 17.8 Å². The molecule has 1 aromatic heterocycles. The molecule has 5 nitrogen and oxygen atoms in total. The summed E-state index contributed by atoms with van der Waals surface area (Å²) in [5.41, 5.74) is 6.33. The SMILES string of the molecule is Cc1cc(NS(=O)(=O)C(F)F)ncc1N. The third kappa shape index (κ3) is 2.75. The minimum Gasteiger partial charge on any atom is -0.397 e. The first-order valence-corrected chi connectivity index (χ1v) is 5.39. The number of rotatable bonds is 3. The van der Waals surface area contributed by atoms with Crippen molar-refractivity contribution in [2.45, 2.75) is 12.7 Å². The van der Waals surface area contributed by atoms with Crippen LogP contribution in [0.2, 0.25) is 0 Å². The highest BCUT2D eigenvalue weighted by Gasteiger charge is 2.24. The van der Waals surface area contributed by atoms with Crippen LogP contribution in [-0.2, 0) is 10.0 Å². The van der Waals surface area contributed by atoms with Crippen molar-refractivity contribution >= 4 is 21.5 Å². The number of hydrogen-bond donors (Lipinski definition) is 2. The highest BCUT2D eigenvalue weighted by atomic mass is 32.2. The lowest BCUT2D eigenvalue weighted by Crippen LogP contribution is -2.21. The molecule has 84 valence electrons. The van der Waals surface area contributed by atoms with Crippen molar-refractivity contribution in [2.75, 3.05) is 10.5 Å². The largest absolute Gasteiger partial charge is 0.397 e.